The monoisotopic (exact) mass is 247 g/mol. The van der Waals surface area contributed by atoms with Crippen LogP contribution in [0.1, 0.15) is 44.9 Å². The first kappa shape index (κ1) is 13.3. The molecular formula is C15H25N3. The fourth-order valence-electron chi connectivity index (χ4n) is 2.76. The molecule has 0 atom stereocenters. The van der Waals surface area contributed by atoms with Crippen molar-refractivity contribution in [3.63, 3.8) is 0 Å². The molecule has 18 heavy (non-hydrogen) atoms. The minimum absolute atomic E-state index is 0.246. The van der Waals surface area contributed by atoms with Crippen molar-refractivity contribution in [1.29, 1.82) is 0 Å². The van der Waals surface area contributed by atoms with Gasteiger partial charge < -0.3 is 10.2 Å². The van der Waals surface area contributed by atoms with Gasteiger partial charge in [0.05, 0.1) is 0 Å². The Balaban J connectivity index is 2.24. The van der Waals surface area contributed by atoms with Gasteiger partial charge in [0.2, 0.25) is 0 Å². The van der Waals surface area contributed by atoms with Crippen molar-refractivity contribution < 1.29 is 0 Å². The first-order valence-electron chi connectivity index (χ1n) is 6.99. The molecule has 0 saturated carbocycles. The number of hydrogen-bond acceptors (Lipinski definition) is 3. The highest BCUT2D eigenvalue weighted by molar-refractivity contribution is 5.46. The van der Waals surface area contributed by atoms with Gasteiger partial charge in [-0.1, -0.05) is 6.92 Å². The van der Waals surface area contributed by atoms with Crippen molar-refractivity contribution in [3.8, 4) is 0 Å². The lowest BCUT2D eigenvalue weighted by molar-refractivity contribution is 0.514. The number of rotatable bonds is 4. The average molecular weight is 247 g/mol. The summed E-state index contributed by atoms with van der Waals surface area (Å²) in [5.41, 5.74) is 2.70. The number of nitrogens with zero attached hydrogens (tertiary/aromatic N) is 2. The maximum Gasteiger partial charge on any atom is 0.129 e. The Kier molecular flexibility index (Phi) is 3.91. The second kappa shape index (κ2) is 5.27. The Labute approximate surface area is 111 Å². The number of nitrogens with one attached hydrogen (secondary N) is 1. The van der Waals surface area contributed by atoms with E-state index in [2.05, 4.69) is 50.0 Å². The molecule has 0 bridgehead atoms. The normalized spacial score (nSPS) is 18.3. The zero-order valence-electron chi connectivity index (χ0n) is 12.1. The average Bonchev–Trinajstić information content (AvgIpc) is 2.65. The third-order valence-electron chi connectivity index (χ3n) is 3.76. The molecule has 1 N–H and O–H groups in total. The zero-order chi connectivity index (χ0) is 13.2. The number of pyridine rings is 1. The molecular weight excluding hydrogens is 222 g/mol. The molecule has 0 aromatic carbocycles. The molecule has 2 rings (SSSR count). The summed E-state index contributed by atoms with van der Waals surface area (Å²) in [6.45, 7) is 11.9. The molecule has 0 unspecified atom stereocenters. The van der Waals surface area contributed by atoms with Crippen LogP contribution in [0.3, 0.4) is 0 Å². The smallest absolute Gasteiger partial charge is 0.129 e. The van der Waals surface area contributed by atoms with Gasteiger partial charge in [-0.2, -0.15) is 0 Å². The third-order valence-corrected chi connectivity index (χ3v) is 3.76. The number of anilines is 1. The van der Waals surface area contributed by atoms with Crippen LogP contribution < -0.4 is 10.2 Å². The first-order chi connectivity index (χ1) is 8.53. The van der Waals surface area contributed by atoms with Gasteiger partial charge in [0.25, 0.3) is 0 Å². The largest absolute Gasteiger partial charge is 0.351 e. The summed E-state index contributed by atoms with van der Waals surface area (Å²) < 4.78 is 0. The Morgan fingerprint density at radius 2 is 2.17 bits per heavy atom. The van der Waals surface area contributed by atoms with Crippen LogP contribution >= 0.6 is 0 Å². The lowest BCUT2D eigenvalue weighted by atomic mass is 10.0. The molecule has 0 aliphatic carbocycles. The van der Waals surface area contributed by atoms with Crippen molar-refractivity contribution in [2.45, 2.75) is 52.6 Å². The molecule has 2 heterocycles. The van der Waals surface area contributed by atoms with E-state index < -0.39 is 0 Å². The summed E-state index contributed by atoms with van der Waals surface area (Å²) in [6.07, 6.45) is 2.52. The molecule has 3 nitrogen and oxygen atoms in total. The van der Waals surface area contributed by atoms with E-state index in [1.165, 1.54) is 18.4 Å². The molecule has 0 amide bonds. The molecule has 1 saturated heterocycles. The summed E-state index contributed by atoms with van der Waals surface area (Å²) in [6, 6.07) is 4.41. The highest BCUT2D eigenvalue weighted by Gasteiger charge is 2.32. The molecule has 100 valence electrons. The SMILES string of the molecule is CCNCc1cc(C)nc(N2CCCC2(C)C)c1. The fraction of sp³-hybridized carbons (Fsp3) is 0.667. The molecule has 1 aromatic heterocycles. The Hall–Kier alpha value is -1.09. The van der Waals surface area contributed by atoms with Crippen LogP contribution in [0.25, 0.3) is 0 Å². The lowest BCUT2D eigenvalue weighted by Gasteiger charge is -2.33. The molecule has 3 heteroatoms. The van der Waals surface area contributed by atoms with Gasteiger partial charge >= 0.3 is 0 Å². The van der Waals surface area contributed by atoms with Crippen LogP contribution in [0.4, 0.5) is 5.82 Å². The predicted molar refractivity (Wildman–Crippen MR) is 77.0 cm³/mol. The van der Waals surface area contributed by atoms with E-state index in [1.54, 1.807) is 0 Å². The Morgan fingerprint density at radius 1 is 1.39 bits per heavy atom. The second-order valence-electron chi connectivity index (χ2n) is 5.82. The first-order valence-corrected chi connectivity index (χ1v) is 6.99. The van der Waals surface area contributed by atoms with Crippen LogP contribution in [-0.2, 0) is 6.54 Å². The van der Waals surface area contributed by atoms with Gasteiger partial charge in [0.1, 0.15) is 5.82 Å². The molecule has 1 aromatic rings. The van der Waals surface area contributed by atoms with E-state index in [0.29, 0.717) is 0 Å². The van der Waals surface area contributed by atoms with Crippen LogP contribution in [0.5, 0.6) is 0 Å². The van der Waals surface area contributed by atoms with Crippen molar-refractivity contribution in [2.75, 3.05) is 18.0 Å². The van der Waals surface area contributed by atoms with Gasteiger partial charge in [-0.25, -0.2) is 4.98 Å². The van der Waals surface area contributed by atoms with Crippen molar-refractivity contribution >= 4 is 5.82 Å². The van der Waals surface area contributed by atoms with Crippen molar-refractivity contribution in [2.24, 2.45) is 0 Å². The van der Waals surface area contributed by atoms with E-state index in [-0.39, 0.29) is 5.54 Å². The van der Waals surface area contributed by atoms with Gasteiger partial charge in [-0.05, 0) is 57.9 Å². The maximum absolute atomic E-state index is 4.72. The summed E-state index contributed by atoms with van der Waals surface area (Å²) >= 11 is 0. The maximum atomic E-state index is 4.72. The van der Waals surface area contributed by atoms with E-state index >= 15 is 0 Å². The number of aryl methyl sites for hydroxylation is 1. The minimum atomic E-state index is 0.246. The Morgan fingerprint density at radius 3 is 2.78 bits per heavy atom. The minimum Gasteiger partial charge on any atom is -0.351 e. The van der Waals surface area contributed by atoms with Gasteiger partial charge in [-0.3, -0.25) is 0 Å². The standard InChI is InChI=1S/C15H25N3/c1-5-16-11-13-9-12(2)17-14(10-13)18-8-6-7-15(18,3)4/h9-10,16H,5-8,11H2,1-4H3. The van der Waals surface area contributed by atoms with E-state index in [1.807, 2.05) is 0 Å². The van der Waals surface area contributed by atoms with E-state index in [4.69, 9.17) is 4.98 Å². The fourth-order valence-corrected chi connectivity index (χ4v) is 2.76. The van der Waals surface area contributed by atoms with Gasteiger partial charge in [0.15, 0.2) is 0 Å². The van der Waals surface area contributed by atoms with Crippen molar-refractivity contribution in [3.05, 3.63) is 23.4 Å². The highest BCUT2D eigenvalue weighted by atomic mass is 15.3. The van der Waals surface area contributed by atoms with Crippen LogP contribution in [-0.4, -0.2) is 23.6 Å². The highest BCUT2D eigenvalue weighted by Crippen LogP contribution is 2.32. The quantitative estimate of drug-likeness (QED) is 0.886. The summed E-state index contributed by atoms with van der Waals surface area (Å²) in [7, 11) is 0. The summed E-state index contributed by atoms with van der Waals surface area (Å²) in [5, 5.41) is 3.38. The van der Waals surface area contributed by atoms with E-state index in [9.17, 15) is 0 Å². The van der Waals surface area contributed by atoms with Gasteiger partial charge in [0, 0.05) is 24.3 Å². The topological polar surface area (TPSA) is 28.2 Å². The second-order valence-corrected chi connectivity index (χ2v) is 5.82. The number of aromatic nitrogens is 1. The van der Waals surface area contributed by atoms with Crippen LogP contribution in [0.15, 0.2) is 12.1 Å². The Bertz CT molecular complexity index is 412. The van der Waals surface area contributed by atoms with Gasteiger partial charge in [-0.15, -0.1) is 0 Å². The molecule has 1 fully saturated rings. The van der Waals surface area contributed by atoms with Crippen LogP contribution in [0.2, 0.25) is 0 Å². The molecule has 0 spiro atoms. The summed E-state index contributed by atoms with van der Waals surface area (Å²) in [4.78, 5) is 7.17. The predicted octanol–water partition coefficient (Wildman–Crippen LogP) is 2.88. The number of hydrogen-bond donors (Lipinski definition) is 1. The molecule has 1 aliphatic heterocycles. The zero-order valence-corrected chi connectivity index (χ0v) is 12.1. The third kappa shape index (κ3) is 2.83. The van der Waals surface area contributed by atoms with E-state index in [0.717, 1.165) is 31.1 Å². The molecule has 0 radical (unpaired) electrons. The van der Waals surface area contributed by atoms with Crippen molar-refractivity contribution in [1.82, 2.24) is 10.3 Å². The lowest BCUT2D eigenvalue weighted by Crippen LogP contribution is -2.38. The summed E-state index contributed by atoms with van der Waals surface area (Å²) in [5.74, 6) is 1.14. The molecule has 1 aliphatic rings. The van der Waals surface area contributed by atoms with Crippen LogP contribution in [0, 0.1) is 6.92 Å².